The third kappa shape index (κ3) is 3.94. The number of phenolic OH excluding ortho intramolecular Hbond substituents is 1. The Balaban J connectivity index is 1.53. The maximum atomic E-state index is 12.7. The highest BCUT2D eigenvalue weighted by Gasteiger charge is 2.35. The predicted molar refractivity (Wildman–Crippen MR) is 113 cm³/mol. The Kier molecular flexibility index (Phi) is 5.56. The van der Waals surface area contributed by atoms with Crippen molar-refractivity contribution in [2.75, 3.05) is 12.9 Å². The average molecular weight is 445 g/mol. The quantitative estimate of drug-likeness (QED) is 0.557. The fourth-order valence-corrected chi connectivity index (χ4v) is 4.24. The Morgan fingerprint density at radius 3 is 2.80 bits per heavy atom. The second-order valence-corrected chi connectivity index (χ2v) is 7.98. The highest BCUT2D eigenvalue weighted by atomic mass is 35.5. The minimum atomic E-state index is -0.491. The van der Waals surface area contributed by atoms with Crippen molar-refractivity contribution in [1.82, 2.24) is 20.6 Å². The van der Waals surface area contributed by atoms with Gasteiger partial charge in [0, 0.05) is 10.6 Å². The lowest BCUT2D eigenvalue weighted by molar-refractivity contribution is -0.130. The number of H-pyrrole nitrogens is 1. The van der Waals surface area contributed by atoms with Gasteiger partial charge in [-0.05, 0) is 35.9 Å². The van der Waals surface area contributed by atoms with Gasteiger partial charge in [-0.3, -0.25) is 20.1 Å². The SMILES string of the molecule is COc1cc(C2SCC(=O)N2NC(=O)c2cc(-c3ccc(Cl)cc3)n[nH]2)ccc1O. The number of ether oxygens (including phenoxy) is 1. The van der Waals surface area contributed by atoms with Gasteiger partial charge in [0.25, 0.3) is 11.8 Å². The Labute approximate surface area is 181 Å². The summed E-state index contributed by atoms with van der Waals surface area (Å²) in [6.45, 7) is 0. The number of aromatic hydroxyl groups is 1. The van der Waals surface area contributed by atoms with Crippen LogP contribution in [0.5, 0.6) is 11.5 Å². The number of thioether (sulfide) groups is 1. The number of halogens is 1. The Hall–Kier alpha value is -3.17. The van der Waals surface area contributed by atoms with Crippen LogP contribution in [0.15, 0.2) is 48.5 Å². The molecule has 1 aliphatic heterocycles. The lowest BCUT2D eigenvalue weighted by atomic mass is 10.1. The van der Waals surface area contributed by atoms with Crippen molar-refractivity contribution < 1.29 is 19.4 Å². The fraction of sp³-hybridized carbons (Fsp3) is 0.150. The molecule has 154 valence electrons. The number of carbonyl (C=O) groups excluding carboxylic acids is 2. The van der Waals surface area contributed by atoms with Gasteiger partial charge in [0.15, 0.2) is 11.5 Å². The largest absolute Gasteiger partial charge is 0.504 e. The molecule has 8 nitrogen and oxygen atoms in total. The number of hydrazine groups is 1. The molecular weight excluding hydrogens is 428 g/mol. The second-order valence-electron chi connectivity index (χ2n) is 6.47. The Morgan fingerprint density at radius 2 is 2.07 bits per heavy atom. The van der Waals surface area contributed by atoms with Gasteiger partial charge in [-0.2, -0.15) is 5.10 Å². The second kappa shape index (κ2) is 8.29. The zero-order valence-corrected chi connectivity index (χ0v) is 17.3. The highest BCUT2D eigenvalue weighted by molar-refractivity contribution is 8.00. The van der Waals surface area contributed by atoms with Crippen molar-refractivity contribution in [2.45, 2.75) is 5.37 Å². The van der Waals surface area contributed by atoms with E-state index in [9.17, 15) is 14.7 Å². The molecular formula is C20H17ClN4O4S. The van der Waals surface area contributed by atoms with E-state index < -0.39 is 11.3 Å². The van der Waals surface area contributed by atoms with E-state index in [2.05, 4.69) is 15.6 Å². The maximum absolute atomic E-state index is 12.7. The van der Waals surface area contributed by atoms with Crippen molar-refractivity contribution in [1.29, 1.82) is 0 Å². The number of nitrogens with one attached hydrogen (secondary N) is 2. The van der Waals surface area contributed by atoms with Gasteiger partial charge in [0.2, 0.25) is 0 Å². The molecule has 0 saturated carbocycles. The number of rotatable bonds is 5. The highest BCUT2D eigenvalue weighted by Crippen LogP contribution is 2.40. The molecule has 3 aromatic rings. The van der Waals surface area contributed by atoms with Crippen LogP contribution in [0.2, 0.25) is 5.02 Å². The van der Waals surface area contributed by atoms with E-state index in [-0.39, 0.29) is 23.1 Å². The van der Waals surface area contributed by atoms with Gasteiger partial charge < -0.3 is 9.84 Å². The molecule has 10 heteroatoms. The van der Waals surface area contributed by atoms with Gasteiger partial charge in [-0.25, -0.2) is 5.01 Å². The first-order chi connectivity index (χ1) is 14.5. The van der Waals surface area contributed by atoms with Crippen LogP contribution in [-0.2, 0) is 4.79 Å². The predicted octanol–water partition coefficient (Wildman–Crippen LogP) is 3.36. The van der Waals surface area contributed by atoms with Crippen molar-refractivity contribution >= 4 is 35.2 Å². The third-order valence-electron chi connectivity index (χ3n) is 4.54. The maximum Gasteiger partial charge on any atom is 0.287 e. The smallest absolute Gasteiger partial charge is 0.287 e. The molecule has 4 rings (SSSR count). The van der Waals surface area contributed by atoms with Gasteiger partial charge in [0.1, 0.15) is 11.1 Å². The minimum absolute atomic E-state index is 0.00153. The molecule has 0 aliphatic carbocycles. The summed E-state index contributed by atoms with van der Waals surface area (Å²) in [6, 6.07) is 13.5. The van der Waals surface area contributed by atoms with Crippen LogP contribution in [0.3, 0.4) is 0 Å². The number of benzene rings is 2. The van der Waals surface area contributed by atoms with E-state index in [0.29, 0.717) is 22.0 Å². The molecule has 1 saturated heterocycles. The number of carbonyl (C=O) groups is 2. The first kappa shape index (κ1) is 20.1. The van der Waals surface area contributed by atoms with Crippen molar-refractivity contribution in [3.05, 3.63) is 64.8 Å². The van der Waals surface area contributed by atoms with Gasteiger partial charge in [-0.15, -0.1) is 11.8 Å². The van der Waals surface area contributed by atoms with Crippen LogP contribution < -0.4 is 10.2 Å². The molecule has 30 heavy (non-hydrogen) atoms. The number of methoxy groups -OCH3 is 1. The van der Waals surface area contributed by atoms with E-state index in [0.717, 1.165) is 5.56 Å². The topological polar surface area (TPSA) is 108 Å². The molecule has 2 aromatic carbocycles. The molecule has 3 N–H and O–H groups in total. The standard InChI is InChI=1S/C20H17ClN4O4S/c1-29-17-8-12(4-7-16(17)26)20-25(18(27)10-30-20)24-19(28)15-9-14(22-23-15)11-2-5-13(21)6-3-11/h2-9,20,26H,10H2,1H3,(H,22,23)(H,24,28). The van der Waals surface area contributed by atoms with Crippen molar-refractivity contribution in [3.63, 3.8) is 0 Å². The third-order valence-corrected chi connectivity index (χ3v) is 6.01. The van der Waals surface area contributed by atoms with Crippen molar-refractivity contribution in [3.8, 4) is 22.8 Å². The molecule has 1 unspecified atom stereocenters. The Bertz CT molecular complexity index is 1100. The van der Waals surface area contributed by atoms with Crippen LogP contribution >= 0.6 is 23.4 Å². The summed E-state index contributed by atoms with van der Waals surface area (Å²) in [4.78, 5) is 25.1. The normalized spacial score (nSPS) is 16.0. The van der Waals surface area contributed by atoms with Crippen LogP contribution in [0, 0.1) is 0 Å². The summed E-state index contributed by atoms with van der Waals surface area (Å²) in [7, 11) is 1.45. The van der Waals surface area contributed by atoms with Crippen LogP contribution in [0.25, 0.3) is 11.3 Å². The molecule has 1 aromatic heterocycles. The molecule has 2 heterocycles. The van der Waals surface area contributed by atoms with Gasteiger partial charge in [-0.1, -0.05) is 29.8 Å². The minimum Gasteiger partial charge on any atom is -0.504 e. The zero-order valence-electron chi connectivity index (χ0n) is 15.8. The summed E-state index contributed by atoms with van der Waals surface area (Å²) < 4.78 is 5.14. The molecule has 2 amide bonds. The summed E-state index contributed by atoms with van der Waals surface area (Å²) in [5, 5.41) is 18.1. The van der Waals surface area contributed by atoms with Crippen LogP contribution in [-0.4, -0.2) is 45.0 Å². The first-order valence-electron chi connectivity index (χ1n) is 8.89. The van der Waals surface area contributed by atoms with Gasteiger partial charge in [0.05, 0.1) is 18.6 Å². The lowest BCUT2D eigenvalue weighted by Gasteiger charge is -2.24. The summed E-state index contributed by atoms with van der Waals surface area (Å²) in [5.41, 5.74) is 4.96. The van der Waals surface area contributed by atoms with Gasteiger partial charge >= 0.3 is 0 Å². The number of nitrogens with zero attached hydrogens (tertiary/aromatic N) is 2. The molecule has 1 atom stereocenters. The molecule has 1 aliphatic rings. The lowest BCUT2D eigenvalue weighted by Crippen LogP contribution is -2.44. The zero-order chi connectivity index (χ0) is 21.3. The van der Waals surface area contributed by atoms with E-state index in [4.69, 9.17) is 16.3 Å². The monoisotopic (exact) mass is 444 g/mol. The summed E-state index contributed by atoms with van der Waals surface area (Å²) >= 11 is 7.27. The fourth-order valence-electron chi connectivity index (χ4n) is 3.02. The Morgan fingerprint density at radius 1 is 1.30 bits per heavy atom. The number of hydrogen-bond donors (Lipinski definition) is 3. The average Bonchev–Trinajstić information content (AvgIpc) is 3.37. The van der Waals surface area contributed by atoms with Crippen molar-refractivity contribution in [2.24, 2.45) is 0 Å². The number of hydrogen-bond acceptors (Lipinski definition) is 6. The molecule has 0 spiro atoms. The number of amides is 2. The summed E-state index contributed by atoms with van der Waals surface area (Å²) in [6.07, 6.45) is 0. The molecule has 0 bridgehead atoms. The van der Waals surface area contributed by atoms with E-state index in [1.54, 1.807) is 42.5 Å². The van der Waals surface area contributed by atoms with E-state index in [1.807, 2.05) is 0 Å². The van der Waals surface area contributed by atoms with Crippen LogP contribution in [0.4, 0.5) is 0 Å². The van der Waals surface area contributed by atoms with E-state index in [1.165, 1.54) is 29.9 Å². The molecule has 1 fully saturated rings. The molecule has 0 radical (unpaired) electrons. The van der Waals surface area contributed by atoms with E-state index >= 15 is 0 Å². The first-order valence-corrected chi connectivity index (χ1v) is 10.3. The number of phenols is 1. The summed E-state index contributed by atoms with van der Waals surface area (Å²) in [5.74, 6) is -0.219. The number of aromatic nitrogens is 2. The van der Waals surface area contributed by atoms with Crippen LogP contribution in [0.1, 0.15) is 21.4 Å². The number of aromatic amines is 1.